The lowest BCUT2D eigenvalue weighted by molar-refractivity contribution is -0.157. The Hall–Kier alpha value is -2.43. The number of ether oxygens (including phenoxy) is 3. The first-order valence-corrected chi connectivity index (χ1v) is 15.9. The van der Waals surface area contributed by atoms with Crippen LogP contribution in [0.4, 0.5) is 0 Å². The number of fused-ring (bicyclic) bond motifs is 3. The van der Waals surface area contributed by atoms with Crippen LogP contribution in [0.25, 0.3) is 10.8 Å². The van der Waals surface area contributed by atoms with E-state index >= 15 is 0 Å². The van der Waals surface area contributed by atoms with Gasteiger partial charge in [-0.25, -0.2) is 9.78 Å². The standard InChI is InChI=1S/C31H39IN2O6/c1-2-38-31(37)27-17-22-19-34(27)30(36)24(21-10-6-3-7-11-21)18-28(35)39-14-8-4-5-9-20-15-25-23(26(32)16-20)12-13-33-29(25)40-22/h12-13,15-16,21-22,24,27H,2-11,14,17-19H2,1H3/t22-,24+,27+/m1/s1. The Labute approximate surface area is 249 Å². The van der Waals surface area contributed by atoms with Crippen LogP contribution in [0.3, 0.4) is 0 Å². The SMILES string of the molecule is CCOC(=O)[C@@H]1C[C@@H]2CN1C(=O)[C@H](C1CCCCC1)CC(=O)OCCCCCc1cc(I)c3ccnc(c3c1)O2. The number of aryl methyl sites for hydroxylation is 1. The van der Waals surface area contributed by atoms with E-state index in [1.54, 1.807) is 18.0 Å². The predicted molar refractivity (Wildman–Crippen MR) is 159 cm³/mol. The molecule has 1 amide bonds. The number of hydrogen-bond donors (Lipinski definition) is 0. The van der Waals surface area contributed by atoms with Crippen molar-refractivity contribution in [2.24, 2.45) is 11.8 Å². The van der Waals surface area contributed by atoms with Crippen molar-refractivity contribution in [2.45, 2.75) is 89.7 Å². The van der Waals surface area contributed by atoms with E-state index in [4.69, 9.17) is 14.2 Å². The second-order valence-corrected chi connectivity index (χ2v) is 12.4. The third-order valence-corrected chi connectivity index (χ3v) is 9.42. The highest BCUT2D eigenvalue weighted by Gasteiger charge is 2.45. The molecular formula is C31H39IN2O6. The number of amides is 1. The molecule has 3 atom stereocenters. The third-order valence-electron chi connectivity index (χ3n) is 8.53. The number of rotatable bonds is 3. The molecule has 9 heteroatoms. The molecule has 40 heavy (non-hydrogen) atoms. The highest BCUT2D eigenvalue weighted by atomic mass is 127. The molecule has 8 nitrogen and oxygen atoms in total. The van der Waals surface area contributed by atoms with E-state index in [1.807, 2.05) is 6.07 Å². The molecule has 1 aromatic heterocycles. The number of cyclic esters (lactones) is 1. The summed E-state index contributed by atoms with van der Waals surface area (Å²) < 4.78 is 18.6. The predicted octanol–water partition coefficient (Wildman–Crippen LogP) is 5.61. The van der Waals surface area contributed by atoms with Crippen LogP contribution in [0.15, 0.2) is 24.4 Å². The molecule has 0 spiro atoms. The second kappa shape index (κ2) is 13.5. The Morgan fingerprint density at radius 3 is 2.70 bits per heavy atom. The van der Waals surface area contributed by atoms with Gasteiger partial charge in [0, 0.05) is 27.0 Å². The molecule has 1 aliphatic carbocycles. The molecule has 3 aliphatic rings. The van der Waals surface area contributed by atoms with E-state index in [0.29, 0.717) is 18.9 Å². The fraction of sp³-hybridized carbons (Fsp3) is 0.613. The van der Waals surface area contributed by atoms with E-state index in [9.17, 15) is 14.4 Å². The van der Waals surface area contributed by atoms with Gasteiger partial charge in [0.25, 0.3) is 0 Å². The van der Waals surface area contributed by atoms with Gasteiger partial charge in [0.15, 0.2) is 0 Å². The van der Waals surface area contributed by atoms with Crippen molar-refractivity contribution >= 4 is 51.2 Å². The van der Waals surface area contributed by atoms with Crippen LogP contribution in [-0.4, -0.2) is 59.6 Å². The number of hydrogen-bond acceptors (Lipinski definition) is 7. The van der Waals surface area contributed by atoms with Crippen molar-refractivity contribution in [1.29, 1.82) is 0 Å². The van der Waals surface area contributed by atoms with Crippen molar-refractivity contribution in [3.05, 3.63) is 33.5 Å². The van der Waals surface area contributed by atoms with E-state index < -0.39 is 24.0 Å². The number of aromatic nitrogens is 1. The second-order valence-electron chi connectivity index (χ2n) is 11.3. The van der Waals surface area contributed by atoms with E-state index in [0.717, 1.165) is 72.1 Å². The first-order valence-electron chi connectivity index (χ1n) is 14.8. The highest BCUT2D eigenvalue weighted by Crippen LogP contribution is 2.36. The Kier molecular flexibility index (Phi) is 9.80. The van der Waals surface area contributed by atoms with Crippen LogP contribution in [0.2, 0.25) is 0 Å². The monoisotopic (exact) mass is 662 g/mol. The van der Waals surface area contributed by atoms with Gasteiger partial charge in [-0.1, -0.05) is 19.3 Å². The van der Waals surface area contributed by atoms with Gasteiger partial charge in [0.1, 0.15) is 12.1 Å². The average Bonchev–Trinajstić information content (AvgIpc) is 3.38. The van der Waals surface area contributed by atoms with Gasteiger partial charge < -0.3 is 19.1 Å². The molecule has 2 fully saturated rings. The summed E-state index contributed by atoms with van der Waals surface area (Å²) in [6.07, 6.45) is 10.4. The highest BCUT2D eigenvalue weighted by molar-refractivity contribution is 14.1. The van der Waals surface area contributed by atoms with Gasteiger partial charge in [0.2, 0.25) is 11.8 Å². The lowest BCUT2D eigenvalue weighted by atomic mass is 9.77. The minimum atomic E-state index is -0.757. The number of carbonyl (C=O) groups excluding carboxylic acids is 3. The maximum atomic E-state index is 14.2. The molecule has 0 unspecified atom stereocenters. The van der Waals surface area contributed by atoms with Crippen LogP contribution in [0, 0.1) is 15.4 Å². The summed E-state index contributed by atoms with van der Waals surface area (Å²) in [7, 11) is 0. The van der Waals surface area contributed by atoms with E-state index in [2.05, 4.69) is 39.7 Å². The minimum absolute atomic E-state index is 0.0466. The Balaban J connectivity index is 1.49. The lowest BCUT2D eigenvalue weighted by Crippen LogP contribution is -2.47. The number of esters is 2. The van der Waals surface area contributed by atoms with Crippen LogP contribution in [0.1, 0.15) is 76.7 Å². The van der Waals surface area contributed by atoms with E-state index in [1.165, 1.54) is 5.56 Å². The smallest absolute Gasteiger partial charge is 0.328 e. The van der Waals surface area contributed by atoms with Crippen molar-refractivity contribution in [1.82, 2.24) is 9.88 Å². The van der Waals surface area contributed by atoms with E-state index in [-0.39, 0.29) is 37.4 Å². The molecule has 3 heterocycles. The number of pyridine rings is 1. The summed E-state index contributed by atoms with van der Waals surface area (Å²) in [5.41, 5.74) is 1.20. The summed E-state index contributed by atoms with van der Waals surface area (Å²) in [6.45, 7) is 2.60. The molecule has 1 saturated heterocycles. The third kappa shape index (κ3) is 6.71. The van der Waals surface area contributed by atoms with Crippen molar-refractivity contribution in [3.8, 4) is 5.88 Å². The number of benzene rings is 1. The zero-order valence-corrected chi connectivity index (χ0v) is 25.4. The summed E-state index contributed by atoms with van der Waals surface area (Å²) in [6, 6.07) is 5.58. The molecule has 2 aliphatic heterocycles. The zero-order valence-electron chi connectivity index (χ0n) is 23.2. The van der Waals surface area contributed by atoms with Crippen molar-refractivity contribution < 1.29 is 28.6 Å². The number of nitrogens with zero attached hydrogens (tertiary/aromatic N) is 2. The first-order chi connectivity index (χ1) is 19.4. The molecule has 5 rings (SSSR count). The summed E-state index contributed by atoms with van der Waals surface area (Å²) >= 11 is 2.36. The Morgan fingerprint density at radius 1 is 1.10 bits per heavy atom. The molecule has 4 bridgehead atoms. The molecule has 1 aromatic carbocycles. The quantitative estimate of drug-likeness (QED) is 0.312. The van der Waals surface area contributed by atoms with Crippen LogP contribution < -0.4 is 4.74 Å². The van der Waals surface area contributed by atoms with Crippen molar-refractivity contribution in [3.63, 3.8) is 0 Å². The summed E-state index contributed by atoms with van der Waals surface area (Å²) in [4.78, 5) is 46.4. The maximum Gasteiger partial charge on any atom is 0.328 e. The van der Waals surface area contributed by atoms with Crippen LogP contribution in [-0.2, 0) is 30.3 Å². The molecule has 1 saturated carbocycles. The van der Waals surface area contributed by atoms with Gasteiger partial charge >= 0.3 is 11.9 Å². The largest absolute Gasteiger partial charge is 0.472 e. The van der Waals surface area contributed by atoms with Gasteiger partial charge in [-0.15, -0.1) is 0 Å². The fourth-order valence-electron chi connectivity index (χ4n) is 6.49. The van der Waals surface area contributed by atoms with Gasteiger partial charge in [0.05, 0.1) is 32.1 Å². The first kappa shape index (κ1) is 29.1. The van der Waals surface area contributed by atoms with Crippen molar-refractivity contribution in [2.75, 3.05) is 19.8 Å². The summed E-state index contributed by atoms with van der Waals surface area (Å²) in [5, 5.41) is 2.01. The Bertz CT molecular complexity index is 1230. The summed E-state index contributed by atoms with van der Waals surface area (Å²) in [5.74, 6) is -0.822. The minimum Gasteiger partial charge on any atom is -0.472 e. The molecule has 2 aromatic rings. The molecule has 0 radical (unpaired) electrons. The maximum absolute atomic E-state index is 14.2. The number of halogens is 1. The zero-order chi connectivity index (χ0) is 28.1. The molecule has 216 valence electrons. The van der Waals surface area contributed by atoms with Gasteiger partial charge in [-0.05, 0) is 97.7 Å². The molecular weight excluding hydrogens is 623 g/mol. The topological polar surface area (TPSA) is 95.0 Å². The van der Waals surface area contributed by atoms with Crippen LogP contribution in [0.5, 0.6) is 5.88 Å². The average molecular weight is 663 g/mol. The van der Waals surface area contributed by atoms with Gasteiger partial charge in [-0.2, -0.15) is 0 Å². The fourth-order valence-corrected chi connectivity index (χ4v) is 7.36. The lowest BCUT2D eigenvalue weighted by Gasteiger charge is -2.33. The number of carbonyl (C=O) groups is 3. The Morgan fingerprint density at radius 2 is 1.90 bits per heavy atom. The van der Waals surface area contributed by atoms with Gasteiger partial charge in [-0.3, -0.25) is 9.59 Å². The normalized spacial score (nSPS) is 25.2. The van der Waals surface area contributed by atoms with Crippen LogP contribution >= 0.6 is 22.6 Å². The molecule has 0 N–H and O–H groups in total.